The van der Waals surface area contributed by atoms with Crippen LogP contribution in [0.3, 0.4) is 0 Å². The van der Waals surface area contributed by atoms with Gasteiger partial charge in [-0.05, 0) is 48.6 Å². The van der Waals surface area contributed by atoms with Gasteiger partial charge in [-0.25, -0.2) is 9.97 Å². The molecule has 1 aliphatic heterocycles. The van der Waals surface area contributed by atoms with Crippen LogP contribution in [0, 0.1) is 0 Å². The number of piperazine rings is 1. The Morgan fingerprint density at radius 2 is 1.97 bits per heavy atom. The van der Waals surface area contributed by atoms with Gasteiger partial charge < -0.3 is 20.3 Å². The maximum absolute atomic E-state index is 6.32. The number of nitrogens with zero attached hydrogens (tertiary/aromatic N) is 5. The lowest BCUT2D eigenvalue weighted by molar-refractivity contribution is 0.377. The first-order chi connectivity index (χ1) is 13.7. The topological polar surface area (TPSA) is 79.9 Å². The number of fused-ring (bicyclic) bond motifs is 1. The summed E-state index contributed by atoms with van der Waals surface area (Å²) in [6.07, 6.45) is 7.03. The Morgan fingerprint density at radius 3 is 2.69 bits per heavy atom. The molecule has 0 amide bonds. The predicted molar refractivity (Wildman–Crippen MR) is 126 cm³/mol. The first-order valence-electron chi connectivity index (χ1n) is 9.98. The predicted octanol–water partition coefficient (Wildman–Crippen LogP) is 2.66. The third-order valence-electron chi connectivity index (χ3n) is 5.70. The Kier molecular flexibility index (Phi) is 7.51. The highest BCUT2D eigenvalue weighted by molar-refractivity contribution is 14.0. The van der Waals surface area contributed by atoms with Crippen LogP contribution in [0.25, 0.3) is 0 Å². The molecule has 1 aromatic heterocycles. The summed E-state index contributed by atoms with van der Waals surface area (Å²) in [7, 11) is 1.72. The van der Waals surface area contributed by atoms with Crippen LogP contribution < -0.4 is 15.4 Å². The van der Waals surface area contributed by atoms with Crippen molar-refractivity contribution in [1.29, 1.82) is 0 Å². The molecule has 1 saturated heterocycles. The fourth-order valence-electron chi connectivity index (χ4n) is 4.10. The third-order valence-corrected chi connectivity index (χ3v) is 5.70. The number of aromatic nitrogens is 2. The molecule has 4 rings (SSSR count). The van der Waals surface area contributed by atoms with Crippen LogP contribution in [0.4, 0.5) is 5.95 Å². The summed E-state index contributed by atoms with van der Waals surface area (Å²) in [6.45, 7) is 4.13. The van der Waals surface area contributed by atoms with Gasteiger partial charge in [0.1, 0.15) is 5.75 Å². The number of aliphatic imine (C=N–C) groups is 1. The van der Waals surface area contributed by atoms with E-state index in [2.05, 4.69) is 38.0 Å². The molecule has 29 heavy (non-hydrogen) atoms. The molecule has 1 fully saturated rings. The molecule has 1 unspecified atom stereocenters. The first-order valence-corrected chi connectivity index (χ1v) is 9.98. The van der Waals surface area contributed by atoms with Crippen molar-refractivity contribution in [2.45, 2.75) is 25.2 Å². The molecule has 1 atom stereocenters. The summed E-state index contributed by atoms with van der Waals surface area (Å²) in [4.78, 5) is 17.8. The average molecular weight is 508 g/mol. The number of guanidine groups is 1. The number of hydrogen-bond donors (Lipinski definition) is 1. The molecule has 0 bridgehead atoms. The fraction of sp³-hybridized carbons (Fsp3) is 0.476. The van der Waals surface area contributed by atoms with Gasteiger partial charge in [-0.2, -0.15) is 0 Å². The number of nitrogens with two attached hydrogens (primary N) is 1. The van der Waals surface area contributed by atoms with Crippen LogP contribution in [-0.2, 0) is 6.42 Å². The molecular formula is C21H29IN6O. The molecule has 2 heterocycles. The quantitative estimate of drug-likeness (QED) is 0.389. The number of aryl methyl sites for hydroxylation is 1. The number of ether oxygens (including phenoxy) is 1. The molecule has 7 nitrogen and oxygen atoms in total. The number of hydrogen-bond acceptors (Lipinski definition) is 5. The van der Waals surface area contributed by atoms with Gasteiger partial charge in [-0.3, -0.25) is 4.99 Å². The van der Waals surface area contributed by atoms with Gasteiger partial charge in [0.05, 0.1) is 7.11 Å². The van der Waals surface area contributed by atoms with E-state index in [0.717, 1.165) is 57.3 Å². The minimum atomic E-state index is 0. The lowest BCUT2D eigenvalue weighted by Gasteiger charge is -2.35. The largest absolute Gasteiger partial charge is 0.497 e. The van der Waals surface area contributed by atoms with E-state index >= 15 is 0 Å². The van der Waals surface area contributed by atoms with Gasteiger partial charge in [0.25, 0.3) is 0 Å². The lowest BCUT2D eigenvalue weighted by Crippen LogP contribution is -2.51. The molecule has 2 aliphatic rings. The van der Waals surface area contributed by atoms with Crippen molar-refractivity contribution in [2.75, 3.05) is 44.7 Å². The number of methoxy groups -OCH3 is 1. The number of anilines is 1. The van der Waals surface area contributed by atoms with E-state index in [1.165, 1.54) is 17.5 Å². The highest BCUT2D eigenvalue weighted by Crippen LogP contribution is 2.34. The summed E-state index contributed by atoms with van der Waals surface area (Å²) in [5.74, 6) is 2.80. The van der Waals surface area contributed by atoms with Crippen LogP contribution in [0.15, 0.2) is 41.7 Å². The number of benzene rings is 1. The summed E-state index contributed by atoms with van der Waals surface area (Å²) in [5, 5.41) is 0. The SMILES string of the molecule is COc1ccc2c(c1)CCCC2CN=C(N)N1CCN(c2ncccn2)CC1.I. The standard InChI is InChI=1S/C21H28N6O.HI/c1-28-18-6-7-19-16(14-18)4-2-5-17(19)15-25-20(22)26-10-12-27(13-11-26)21-23-8-3-9-24-21;/h3,6-9,14,17H,2,4-5,10-13,15H2,1H3,(H2,22,25);1H. The van der Waals surface area contributed by atoms with E-state index in [4.69, 9.17) is 15.5 Å². The second-order valence-corrected chi connectivity index (χ2v) is 7.38. The van der Waals surface area contributed by atoms with Gasteiger partial charge in [-0.15, -0.1) is 24.0 Å². The Hall–Kier alpha value is -2.10. The van der Waals surface area contributed by atoms with Crippen molar-refractivity contribution in [2.24, 2.45) is 10.7 Å². The van der Waals surface area contributed by atoms with Gasteiger partial charge >= 0.3 is 0 Å². The van der Waals surface area contributed by atoms with Gasteiger partial charge in [-0.1, -0.05) is 6.07 Å². The number of halogens is 1. The van der Waals surface area contributed by atoms with Crippen LogP contribution >= 0.6 is 24.0 Å². The molecule has 1 aliphatic carbocycles. The molecule has 2 aromatic rings. The minimum Gasteiger partial charge on any atom is -0.497 e. The van der Waals surface area contributed by atoms with Crippen LogP contribution in [-0.4, -0.2) is 60.7 Å². The number of rotatable bonds is 4. The van der Waals surface area contributed by atoms with E-state index in [9.17, 15) is 0 Å². The van der Waals surface area contributed by atoms with E-state index < -0.39 is 0 Å². The molecule has 1 aromatic carbocycles. The molecular weight excluding hydrogens is 479 g/mol. The minimum absolute atomic E-state index is 0. The Bertz CT molecular complexity index is 823. The van der Waals surface area contributed by atoms with E-state index in [-0.39, 0.29) is 24.0 Å². The highest BCUT2D eigenvalue weighted by Gasteiger charge is 2.22. The molecule has 156 valence electrons. The molecule has 2 N–H and O–H groups in total. The van der Waals surface area contributed by atoms with Gasteiger partial charge in [0.15, 0.2) is 5.96 Å². The second kappa shape index (κ2) is 10.1. The maximum atomic E-state index is 6.32. The average Bonchev–Trinajstić information content (AvgIpc) is 2.77. The lowest BCUT2D eigenvalue weighted by atomic mass is 9.83. The molecule has 0 spiro atoms. The van der Waals surface area contributed by atoms with Crippen LogP contribution in [0.1, 0.15) is 29.9 Å². The second-order valence-electron chi connectivity index (χ2n) is 7.38. The van der Waals surface area contributed by atoms with E-state index in [1.54, 1.807) is 19.5 Å². The zero-order chi connectivity index (χ0) is 19.3. The third kappa shape index (κ3) is 5.09. The van der Waals surface area contributed by atoms with Crippen molar-refractivity contribution >= 4 is 35.9 Å². The zero-order valence-corrected chi connectivity index (χ0v) is 19.2. The Balaban J connectivity index is 0.00000240. The van der Waals surface area contributed by atoms with Gasteiger partial charge in [0, 0.05) is 51.0 Å². The summed E-state index contributed by atoms with van der Waals surface area (Å²) >= 11 is 0. The zero-order valence-electron chi connectivity index (χ0n) is 16.8. The highest BCUT2D eigenvalue weighted by atomic mass is 127. The molecule has 0 radical (unpaired) electrons. The molecule has 0 saturated carbocycles. The van der Waals surface area contributed by atoms with Crippen molar-refractivity contribution < 1.29 is 4.74 Å². The Morgan fingerprint density at radius 1 is 1.21 bits per heavy atom. The van der Waals surface area contributed by atoms with Crippen molar-refractivity contribution in [1.82, 2.24) is 14.9 Å². The molecule has 8 heteroatoms. The first kappa shape index (κ1) is 21.6. The summed E-state index contributed by atoms with van der Waals surface area (Å²) in [5.41, 5.74) is 9.11. The Labute approximate surface area is 189 Å². The summed E-state index contributed by atoms with van der Waals surface area (Å²) < 4.78 is 5.37. The normalized spacial score (nSPS) is 19.3. The monoisotopic (exact) mass is 508 g/mol. The summed E-state index contributed by atoms with van der Waals surface area (Å²) in [6, 6.07) is 8.25. The maximum Gasteiger partial charge on any atom is 0.225 e. The smallest absolute Gasteiger partial charge is 0.225 e. The van der Waals surface area contributed by atoms with E-state index in [1.807, 2.05) is 6.07 Å². The van der Waals surface area contributed by atoms with Crippen molar-refractivity contribution in [3.8, 4) is 5.75 Å². The van der Waals surface area contributed by atoms with Crippen LogP contribution in [0.2, 0.25) is 0 Å². The fourth-order valence-corrected chi connectivity index (χ4v) is 4.10. The van der Waals surface area contributed by atoms with Crippen molar-refractivity contribution in [3.63, 3.8) is 0 Å². The van der Waals surface area contributed by atoms with Crippen LogP contribution in [0.5, 0.6) is 5.75 Å². The van der Waals surface area contributed by atoms with E-state index in [0.29, 0.717) is 11.9 Å². The van der Waals surface area contributed by atoms with Crippen molar-refractivity contribution in [3.05, 3.63) is 47.8 Å². The van der Waals surface area contributed by atoms with Gasteiger partial charge in [0.2, 0.25) is 5.95 Å².